The molecule has 1 aromatic carbocycles. The summed E-state index contributed by atoms with van der Waals surface area (Å²) in [7, 11) is 0. The van der Waals surface area contributed by atoms with Crippen LogP contribution in [0.3, 0.4) is 0 Å². The average Bonchev–Trinajstić information content (AvgIpc) is 2.35. The number of aryl methyl sites for hydroxylation is 2. The van der Waals surface area contributed by atoms with Crippen molar-refractivity contribution in [1.82, 2.24) is 4.98 Å². The molecule has 0 spiro atoms. The number of halogens is 1. The number of aromatic nitrogens is 1. The Morgan fingerprint density at radius 3 is 2.78 bits per heavy atom. The lowest BCUT2D eigenvalue weighted by atomic mass is 10.1. The first kappa shape index (κ1) is 12.6. The number of carbonyl (C=O) groups is 1. The van der Waals surface area contributed by atoms with Gasteiger partial charge in [0.15, 0.2) is 5.82 Å². The first-order valence-corrected chi connectivity index (χ1v) is 5.95. The van der Waals surface area contributed by atoms with Crippen LogP contribution in [0.25, 0.3) is 0 Å². The topological polar surface area (TPSA) is 42.0 Å². The van der Waals surface area contributed by atoms with Gasteiger partial charge in [-0.3, -0.25) is 4.79 Å². The molecule has 0 unspecified atom stereocenters. The molecule has 0 radical (unpaired) electrons. The van der Waals surface area contributed by atoms with E-state index in [1.54, 1.807) is 18.3 Å². The van der Waals surface area contributed by atoms with E-state index in [1.807, 2.05) is 32.0 Å². The van der Waals surface area contributed by atoms with Crippen LogP contribution in [-0.4, -0.2) is 10.9 Å². The zero-order valence-corrected chi connectivity index (χ0v) is 11.0. The maximum Gasteiger partial charge on any atom is 0.257 e. The van der Waals surface area contributed by atoms with Gasteiger partial charge in [-0.15, -0.1) is 0 Å². The minimum Gasteiger partial charge on any atom is -0.305 e. The van der Waals surface area contributed by atoms with E-state index >= 15 is 0 Å². The fourth-order valence-electron chi connectivity index (χ4n) is 1.63. The van der Waals surface area contributed by atoms with Crippen molar-refractivity contribution in [1.29, 1.82) is 0 Å². The maximum absolute atomic E-state index is 12.1. The Balaban J connectivity index is 2.28. The van der Waals surface area contributed by atoms with Crippen LogP contribution in [0.15, 0.2) is 36.5 Å². The summed E-state index contributed by atoms with van der Waals surface area (Å²) in [5, 5.41) is 3.14. The summed E-state index contributed by atoms with van der Waals surface area (Å²) in [6.07, 6.45) is 1.59. The third kappa shape index (κ3) is 2.68. The van der Waals surface area contributed by atoms with Crippen LogP contribution < -0.4 is 5.32 Å². The molecule has 0 aliphatic carbocycles. The minimum atomic E-state index is -0.197. The highest BCUT2D eigenvalue weighted by atomic mass is 35.5. The zero-order chi connectivity index (χ0) is 13.1. The van der Waals surface area contributed by atoms with Gasteiger partial charge in [0, 0.05) is 11.8 Å². The molecule has 0 fully saturated rings. The van der Waals surface area contributed by atoms with Crippen LogP contribution >= 0.6 is 11.6 Å². The highest BCUT2D eigenvalue weighted by molar-refractivity contribution is 6.33. The Hall–Kier alpha value is -1.87. The van der Waals surface area contributed by atoms with Gasteiger partial charge in [-0.1, -0.05) is 29.3 Å². The fourth-order valence-corrected chi connectivity index (χ4v) is 1.80. The second-order valence-electron chi connectivity index (χ2n) is 4.11. The van der Waals surface area contributed by atoms with Crippen molar-refractivity contribution < 1.29 is 4.79 Å². The molecule has 1 amide bonds. The molecular weight excluding hydrogens is 248 g/mol. The first-order chi connectivity index (χ1) is 8.58. The summed E-state index contributed by atoms with van der Waals surface area (Å²) < 4.78 is 0. The summed E-state index contributed by atoms with van der Waals surface area (Å²) in [5.74, 6) is 0.182. The van der Waals surface area contributed by atoms with Gasteiger partial charge < -0.3 is 5.32 Å². The molecule has 0 bridgehead atoms. The standard InChI is InChI=1S/C14H13ClN2O/c1-9-5-6-10(2)11(8-9)14(18)17-13-12(15)4-3-7-16-13/h3-8H,1-2H3,(H,16,17,18). The number of nitrogens with zero attached hydrogens (tertiary/aromatic N) is 1. The van der Waals surface area contributed by atoms with Gasteiger partial charge in [0.1, 0.15) is 0 Å². The summed E-state index contributed by atoms with van der Waals surface area (Å²) in [5.41, 5.74) is 2.60. The molecule has 1 N–H and O–H groups in total. The van der Waals surface area contributed by atoms with E-state index in [9.17, 15) is 4.79 Å². The van der Waals surface area contributed by atoms with Crippen molar-refractivity contribution >= 4 is 23.3 Å². The smallest absolute Gasteiger partial charge is 0.257 e. The molecule has 0 aliphatic rings. The van der Waals surface area contributed by atoms with E-state index in [4.69, 9.17) is 11.6 Å². The lowest BCUT2D eigenvalue weighted by Gasteiger charge is -2.08. The van der Waals surface area contributed by atoms with Crippen molar-refractivity contribution in [3.8, 4) is 0 Å². The molecule has 3 nitrogen and oxygen atoms in total. The van der Waals surface area contributed by atoms with E-state index in [2.05, 4.69) is 10.3 Å². The first-order valence-electron chi connectivity index (χ1n) is 5.57. The van der Waals surface area contributed by atoms with Crippen LogP contribution in [0.1, 0.15) is 21.5 Å². The normalized spacial score (nSPS) is 10.2. The number of hydrogen-bond acceptors (Lipinski definition) is 2. The average molecular weight is 261 g/mol. The second-order valence-corrected chi connectivity index (χ2v) is 4.51. The van der Waals surface area contributed by atoms with E-state index in [0.717, 1.165) is 11.1 Å². The summed E-state index contributed by atoms with van der Waals surface area (Å²) in [4.78, 5) is 16.2. The number of carbonyl (C=O) groups excluding carboxylic acids is 1. The molecular formula is C14H13ClN2O. The van der Waals surface area contributed by atoms with Crippen LogP contribution in [0, 0.1) is 13.8 Å². The second kappa shape index (κ2) is 5.19. The van der Waals surface area contributed by atoms with E-state index in [1.165, 1.54) is 0 Å². The van der Waals surface area contributed by atoms with E-state index in [0.29, 0.717) is 16.4 Å². The van der Waals surface area contributed by atoms with Gasteiger partial charge in [0.25, 0.3) is 5.91 Å². The van der Waals surface area contributed by atoms with Gasteiger partial charge in [0.2, 0.25) is 0 Å². The van der Waals surface area contributed by atoms with Gasteiger partial charge in [-0.2, -0.15) is 0 Å². The lowest BCUT2D eigenvalue weighted by Crippen LogP contribution is -2.14. The predicted molar refractivity (Wildman–Crippen MR) is 73.1 cm³/mol. The number of amides is 1. The number of nitrogens with one attached hydrogen (secondary N) is 1. The monoisotopic (exact) mass is 260 g/mol. The van der Waals surface area contributed by atoms with E-state index in [-0.39, 0.29) is 5.91 Å². The SMILES string of the molecule is Cc1ccc(C)c(C(=O)Nc2ncccc2Cl)c1. The Kier molecular flexibility index (Phi) is 3.63. The highest BCUT2D eigenvalue weighted by Gasteiger charge is 2.11. The molecule has 92 valence electrons. The summed E-state index contributed by atoms with van der Waals surface area (Å²) >= 11 is 5.95. The largest absolute Gasteiger partial charge is 0.305 e. The minimum absolute atomic E-state index is 0.197. The lowest BCUT2D eigenvalue weighted by molar-refractivity contribution is 0.102. The quantitative estimate of drug-likeness (QED) is 0.896. The Morgan fingerprint density at radius 1 is 1.28 bits per heavy atom. The highest BCUT2D eigenvalue weighted by Crippen LogP contribution is 2.19. The number of benzene rings is 1. The number of pyridine rings is 1. The molecule has 1 heterocycles. The molecule has 0 saturated heterocycles. The van der Waals surface area contributed by atoms with Crippen LogP contribution in [0.4, 0.5) is 5.82 Å². The zero-order valence-electron chi connectivity index (χ0n) is 10.2. The van der Waals surface area contributed by atoms with Crippen molar-refractivity contribution in [3.05, 3.63) is 58.2 Å². The number of hydrogen-bond donors (Lipinski definition) is 1. The summed E-state index contributed by atoms with van der Waals surface area (Å²) in [6, 6.07) is 9.15. The molecule has 0 saturated carbocycles. The Bertz CT molecular complexity index is 596. The van der Waals surface area contributed by atoms with Gasteiger partial charge in [0.05, 0.1) is 5.02 Å². The molecule has 1 aromatic heterocycles. The van der Waals surface area contributed by atoms with Crippen molar-refractivity contribution in [2.24, 2.45) is 0 Å². The molecule has 0 aliphatic heterocycles. The van der Waals surface area contributed by atoms with Crippen molar-refractivity contribution in [3.63, 3.8) is 0 Å². The third-order valence-corrected chi connectivity index (χ3v) is 2.93. The third-order valence-electron chi connectivity index (χ3n) is 2.63. The van der Waals surface area contributed by atoms with Gasteiger partial charge >= 0.3 is 0 Å². The van der Waals surface area contributed by atoms with Crippen molar-refractivity contribution in [2.45, 2.75) is 13.8 Å². The molecule has 0 atom stereocenters. The molecule has 18 heavy (non-hydrogen) atoms. The van der Waals surface area contributed by atoms with Crippen molar-refractivity contribution in [2.75, 3.05) is 5.32 Å². The number of rotatable bonds is 2. The molecule has 2 rings (SSSR count). The van der Waals surface area contributed by atoms with Crippen LogP contribution in [-0.2, 0) is 0 Å². The van der Waals surface area contributed by atoms with Gasteiger partial charge in [-0.25, -0.2) is 4.98 Å². The Morgan fingerprint density at radius 2 is 2.06 bits per heavy atom. The number of anilines is 1. The Labute approximate surface area is 111 Å². The summed E-state index contributed by atoms with van der Waals surface area (Å²) in [6.45, 7) is 3.85. The molecule has 4 heteroatoms. The predicted octanol–water partition coefficient (Wildman–Crippen LogP) is 3.60. The maximum atomic E-state index is 12.1. The molecule has 2 aromatic rings. The fraction of sp³-hybridized carbons (Fsp3) is 0.143. The van der Waals surface area contributed by atoms with E-state index < -0.39 is 0 Å². The van der Waals surface area contributed by atoms with Crippen LogP contribution in [0.2, 0.25) is 5.02 Å². The van der Waals surface area contributed by atoms with Crippen LogP contribution in [0.5, 0.6) is 0 Å². The van der Waals surface area contributed by atoms with Gasteiger partial charge in [-0.05, 0) is 37.6 Å².